The van der Waals surface area contributed by atoms with Crippen LogP contribution in [0, 0.1) is 0 Å². The highest BCUT2D eigenvalue weighted by Gasteiger charge is 2.22. The number of furan rings is 1. The SMILES string of the molecule is c1ccc2c(c1)Sc1cc3c4cnccc4oc3c3cccc-2c13. The molecule has 5 aromatic rings. The number of nitrogens with zero attached hydrogens (tertiary/aromatic N) is 1. The predicted molar refractivity (Wildman–Crippen MR) is 98.6 cm³/mol. The fourth-order valence-electron chi connectivity index (χ4n) is 3.72. The van der Waals surface area contributed by atoms with Gasteiger partial charge < -0.3 is 4.42 Å². The molecule has 0 spiro atoms. The van der Waals surface area contributed by atoms with Crippen molar-refractivity contribution in [3.8, 4) is 11.1 Å². The third-order valence-corrected chi connectivity index (χ3v) is 5.87. The number of rotatable bonds is 0. The van der Waals surface area contributed by atoms with Gasteiger partial charge in [0.1, 0.15) is 11.2 Å². The summed E-state index contributed by atoms with van der Waals surface area (Å²) in [6.45, 7) is 0. The summed E-state index contributed by atoms with van der Waals surface area (Å²) in [7, 11) is 0. The molecule has 112 valence electrons. The zero-order chi connectivity index (χ0) is 15.7. The molecule has 6 rings (SSSR count). The second kappa shape index (κ2) is 4.40. The van der Waals surface area contributed by atoms with Gasteiger partial charge in [-0.05, 0) is 29.3 Å². The summed E-state index contributed by atoms with van der Waals surface area (Å²) in [6.07, 6.45) is 3.67. The highest BCUT2D eigenvalue weighted by Crippen LogP contribution is 2.50. The summed E-state index contributed by atoms with van der Waals surface area (Å²) < 4.78 is 6.18. The van der Waals surface area contributed by atoms with Crippen LogP contribution in [0.25, 0.3) is 43.8 Å². The number of hydrogen-bond acceptors (Lipinski definition) is 3. The van der Waals surface area contributed by atoms with Gasteiger partial charge in [-0.1, -0.05) is 48.2 Å². The van der Waals surface area contributed by atoms with Crippen molar-refractivity contribution >= 4 is 44.5 Å². The van der Waals surface area contributed by atoms with E-state index in [9.17, 15) is 0 Å². The number of hydrogen-bond donors (Lipinski definition) is 0. The number of aromatic nitrogens is 1. The van der Waals surface area contributed by atoms with Crippen molar-refractivity contribution < 1.29 is 4.42 Å². The lowest BCUT2D eigenvalue weighted by atomic mass is 9.96. The molecular weight excluding hydrogens is 314 g/mol. The van der Waals surface area contributed by atoms with Crippen LogP contribution in [0.3, 0.4) is 0 Å². The van der Waals surface area contributed by atoms with Crippen molar-refractivity contribution in [1.29, 1.82) is 0 Å². The first-order valence-corrected chi connectivity index (χ1v) is 8.71. The van der Waals surface area contributed by atoms with E-state index in [0.29, 0.717) is 0 Å². The largest absolute Gasteiger partial charge is 0.455 e. The average molecular weight is 325 g/mol. The molecule has 3 aromatic carbocycles. The van der Waals surface area contributed by atoms with Gasteiger partial charge in [-0.2, -0.15) is 0 Å². The summed E-state index contributed by atoms with van der Waals surface area (Å²) in [5, 5.41) is 4.69. The van der Waals surface area contributed by atoms with E-state index in [-0.39, 0.29) is 0 Å². The van der Waals surface area contributed by atoms with Gasteiger partial charge in [0.15, 0.2) is 0 Å². The summed E-state index contributed by atoms with van der Waals surface area (Å²) >= 11 is 1.84. The minimum atomic E-state index is 0.894. The molecule has 2 nitrogen and oxygen atoms in total. The van der Waals surface area contributed by atoms with Gasteiger partial charge >= 0.3 is 0 Å². The Labute approximate surface area is 142 Å². The molecule has 24 heavy (non-hydrogen) atoms. The zero-order valence-corrected chi connectivity index (χ0v) is 13.4. The molecule has 2 aromatic heterocycles. The smallest absolute Gasteiger partial charge is 0.143 e. The molecule has 1 aliphatic heterocycles. The topological polar surface area (TPSA) is 26.0 Å². The Kier molecular flexibility index (Phi) is 2.31. The van der Waals surface area contributed by atoms with Gasteiger partial charge in [0.05, 0.1) is 0 Å². The van der Waals surface area contributed by atoms with E-state index in [2.05, 4.69) is 53.5 Å². The van der Waals surface area contributed by atoms with Gasteiger partial charge in [-0.25, -0.2) is 0 Å². The van der Waals surface area contributed by atoms with Gasteiger partial charge in [0.25, 0.3) is 0 Å². The standard InChI is InChI=1S/C21H11NOS/c1-2-7-18-12(4-1)13-5-3-6-14-20(13)19(24-18)10-15-16-11-22-9-8-17(16)23-21(14)15/h1-11H. The minimum Gasteiger partial charge on any atom is -0.455 e. The Hall–Kier alpha value is -2.78. The van der Waals surface area contributed by atoms with Crippen LogP contribution in [0.5, 0.6) is 0 Å². The quantitative estimate of drug-likeness (QED) is 0.329. The van der Waals surface area contributed by atoms with Crippen molar-refractivity contribution in [2.45, 2.75) is 9.79 Å². The summed E-state index contributed by atoms with van der Waals surface area (Å²) in [5.41, 5.74) is 4.44. The summed E-state index contributed by atoms with van der Waals surface area (Å²) in [5.74, 6) is 0. The first-order chi connectivity index (χ1) is 11.9. The van der Waals surface area contributed by atoms with E-state index in [1.807, 2.05) is 24.0 Å². The van der Waals surface area contributed by atoms with Gasteiger partial charge in [0, 0.05) is 43.7 Å². The Morgan fingerprint density at radius 1 is 0.792 bits per heavy atom. The lowest BCUT2D eigenvalue weighted by molar-refractivity contribution is 0.672. The Morgan fingerprint density at radius 2 is 1.71 bits per heavy atom. The molecule has 3 heteroatoms. The maximum Gasteiger partial charge on any atom is 0.143 e. The molecule has 3 heterocycles. The van der Waals surface area contributed by atoms with Crippen molar-refractivity contribution in [1.82, 2.24) is 4.98 Å². The number of pyridine rings is 1. The second-order valence-electron chi connectivity index (χ2n) is 6.05. The van der Waals surface area contributed by atoms with Gasteiger partial charge in [-0.15, -0.1) is 0 Å². The van der Waals surface area contributed by atoms with Crippen LogP contribution in [0.4, 0.5) is 0 Å². The van der Waals surface area contributed by atoms with Crippen LogP contribution in [0.2, 0.25) is 0 Å². The van der Waals surface area contributed by atoms with E-state index in [1.165, 1.54) is 31.7 Å². The van der Waals surface area contributed by atoms with Gasteiger partial charge in [-0.3, -0.25) is 4.98 Å². The van der Waals surface area contributed by atoms with Crippen molar-refractivity contribution in [2.24, 2.45) is 0 Å². The number of fused-ring (bicyclic) bond motifs is 6. The van der Waals surface area contributed by atoms with E-state index >= 15 is 0 Å². The van der Waals surface area contributed by atoms with E-state index in [1.54, 1.807) is 6.20 Å². The molecule has 0 fully saturated rings. The fourth-order valence-corrected chi connectivity index (χ4v) is 4.89. The van der Waals surface area contributed by atoms with Crippen molar-refractivity contribution in [3.05, 3.63) is 67.0 Å². The first kappa shape index (κ1) is 12.6. The fraction of sp³-hybridized carbons (Fsp3) is 0. The molecule has 0 saturated heterocycles. The van der Waals surface area contributed by atoms with E-state index < -0.39 is 0 Å². The highest BCUT2D eigenvalue weighted by molar-refractivity contribution is 7.99. The summed E-state index contributed by atoms with van der Waals surface area (Å²) in [6, 6.07) is 19.3. The third-order valence-electron chi connectivity index (χ3n) is 4.76. The molecule has 0 unspecified atom stereocenters. The van der Waals surface area contributed by atoms with Crippen molar-refractivity contribution in [3.63, 3.8) is 0 Å². The normalized spacial score (nSPS) is 12.8. The summed E-state index contributed by atoms with van der Waals surface area (Å²) in [4.78, 5) is 6.87. The molecule has 1 aliphatic rings. The lowest BCUT2D eigenvalue weighted by Crippen LogP contribution is -1.92. The average Bonchev–Trinajstić information content (AvgIpc) is 3.01. The molecule has 0 atom stereocenters. The minimum absolute atomic E-state index is 0.894. The highest BCUT2D eigenvalue weighted by atomic mass is 32.2. The van der Waals surface area contributed by atoms with Crippen LogP contribution in [0.1, 0.15) is 0 Å². The molecule has 0 aliphatic carbocycles. The molecule has 0 saturated carbocycles. The Bertz CT molecular complexity index is 1290. The predicted octanol–water partition coefficient (Wildman–Crippen LogP) is 6.27. The van der Waals surface area contributed by atoms with Crippen LogP contribution >= 0.6 is 11.8 Å². The van der Waals surface area contributed by atoms with Gasteiger partial charge in [0.2, 0.25) is 0 Å². The Morgan fingerprint density at radius 3 is 2.71 bits per heavy atom. The number of benzene rings is 3. The zero-order valence-electron chi connectivity index (χ0n) is 12.6. The molecule has 0 amide bonds. The third kappa shape index (κ3) is 1.50. The lowest BCUT2D eigenvalue weighted by Gasteiger charge is -2.20. The second-order valence-corrected chi connectivity index (χ2v) is 7.14. The van der Waals surface area contributed by atoms with Crippen LogP contribution in [-0.4, -0.2) is 4.98 Å². The molecular formula is C21H11NOS. The van der Waals surface area contributed by atoms with Crippen molar-refractivity contribution in [2.75, 3.05) is 0 Å². The Balaban J connectivity index is 1.87. The molecule has 0 bridgehead atoms. The molecule has 0 radical (unpaired) electrons. The van der Waals surface area contributed by atoms with Crippen LogP contribution < -0.4 is 0 Å². The monoisotopic (exact) mass is 325 g/mol. The van der Waals surface area contributed by atoms with E-state index in [0.717, 1.165) is 21.9 Å². The maximum atomic E-state index is 6.18. The molecule has 0 N–H and O–H groups in total. The maximum absolute atomic E-state index is 6.18. The first-order valence-electron chi connectivity index (χ1n) is 7.89. The van der Waals surface area contributed by atoms with E-state index in [4.69, 9.17) is 4.42 Å². The van der Waals surface area contributed by atoms with Crippen LogP contribution in [0.15, 0.2) is 81.2 Å². The van der Waals surface area contributed by atoms with Crippen LogP contribution in [-0.2, 0) is 0 Å².